The first kappa shape index (κ1) is 10.2. The summed E-state index contributed by atoms with van der Waals surface area (Å²) in [5, 5.41) is 9.33. The summed E-state index contributed by atoms with van der Waals surface area (Å²) >= 11 is 3.40. The van der Waals surface area contributed by atoms with E-state index in [1.54, 1.807) is 12.1 Å². The topological polar surface area (TPSA) is 20.2 Å². The predicted molar refractivity (Wildman–Crippen MR) is 65.1 cm³/mol. The van der Waals surface area contributed by atoms with Crippen LogP contribution in [0.15, 0.2) is 53.0 Å². The van der Waals surface area contributed by atoms with Gasteiger partial charge < -0.3 is 5.11 Å². The molecule has 0 fully saturated rings. The zero-order valence-electron chi connectivity index (χ0n) is 8.15. The van der Waals surface area contributed by atoms with E-state index in [4.69, 9.17) is 0 Å². The lowest BCUT2D eigenvalue weighted by atomic mass is 10.1. The fourth-order valence-corrected chi connectivity index (χ4v) is 1.77. The highest BCUT2D eigenvalue weighted by atomic mass is 79.9. The van der Waals surface area contributed by atoms with E-state index >= 15 is 0 Å². The van der Waals surface area contributed by atoms with Gasteiger partial charge in [-0.15, -0.1) is 0 Å². The smallest absolute Gasteiger partial charge is 0.115 e. The maximum atomic E-state index is 9.33. The summed E-state index contributed by atoms with van der Waals surface area (Å²) in [6, 6.07) is 15.6. The van der Waals surface area contributed by atoms with Gasteiger partial charge in [0.2, 0.25) is 0 Å². The highest BCUT2D eigenvalue weighted by Crippen LogP contribution is 2.16. The van der Waals surface area contributed by atoms with Crippen LogP contribution in [0, 0.1) is 0 Å². The third kappa shape index (κ3) is 2.83. The summed E-state index contributed by atoms with van der Waals surface area (Å²) in [6.45, 7) is 0. The second-order valence-corrected chi connectivity index (χ2v) is 4.39. The van der Waals surface area contributed by atoms with E-state index in [1.165, 1.54) is 5.56 Å². The van der Waals surface area contributed by atoms with Gasteiger partial charge >= 0.3 is 0 Å². The van der Waals surface area contributed by atoms with Gasteiger partial charge in [0.15, 0.2) is 0 Å². The van der Waals surface area contributed by atoms with Crippen molar-refractivity contribution in [1.82, 2.24) is 0 Å². The molecule has 0 spiro atoms. The van der Waals surface area contributed by atoms with Crippen LogP contribution in [-0.4, -0.2) is 5.11 Å². The molecule has 1 N–H and O–H groups in total. The quantitative estimate of drug-likeness (QED) is 0.874. The molecule has 76 valence electrons. The normalized spacial score (nSPS) is 10.2. The third-order valence-corrected chi connectivity index (χ3v) is 2.76. The minimum Gasteiger partial charge on any atom is -0.508 e. The van der Waals surface area contributed by atoms with E-state index in [2.05, 4.69) is 28.1 Å². The molecule has 0 saturated carbocycles. The van der Waals surface area contributed by atoms with E-state index in [-0.39, 0.29) is 0 Å². The van der Waals surface area contributed by atoms with Crippen molar-refractivity contribution in [2.24, 2.45) is 0 Å². The number of halogens is 1. The first-order valence-electron chi connectivity index (χ1n) is 4.76. The third-order valence-electron chi connectivity index (χ3n) is 2.23. The first-order valence-corrected chi connectivity index (χ1v) is 5.56. The molecule has 0 heterocycles. The monoisotopic (exact) mass is 262 g/mol. The van der Waals surface area contributed by atoms with E-state index in [0.29, 0.717) is 5.75 Å². The summed E-state index contributed by atoms with van der Waals surface area (Å²) in [6.07, 6.45) is 0.849. The Hall–Kier alpha value is -1.28. The Kier molecular flexibility index (Phi) is 3.07. The van der Waals surface area contributed by atoms with Gasteiger partial charge in [-0.2, -0.15) is 0 Å². The van der Waals surface area contributed by atoms with Gasteiger partial charge in [0, 0.05) is 4.47 Å². The summed E-state index contributed by atoms with van der Waals surface area (Å²) in [5.41, 5.74) is 2.36. The van der Waals surface area contributed by atoms with E-state index < -0.39 is 0 Å². The van der Waals surface area contributed by atoms with Gasteiger partial charge in [0.05, 0.1) is 0 Å². The fraction of sp³-hybridized carbons (Fsp3) is 0.0769. The molecule has 0 aliphatic heterocycles. The Morgan fingerprint density at radius 2 is 1.67 bits per heavy atom. The molecular formula is C13H11BrO. The van der Waals surface area contributed by atoms with Gasteiger partial charge in [0.1, 0.15) is 5.75 Å². The number of aromatic hydroxyl groups is 1. The van der Waals surface area contributed by atoms with Crippen LogP contribution >= 0.6 is 15.9 Å². The molecule has 2 rings (SSSR count). The molecule has 0 atom stereocenters. The Balaban J connectivity index is 2.18. The molecule has 0 aromatic heterocycles. The maximum Gasteiger partial charge on any atom is 0.115 e. The number of hydrogen-bond acceptors (Lipinski definition) is 1. The van der Waals surface area contributed by atoms with E-state index in [9.17, 15) is 5.11 Å². The molecule has 2 heteroatoms. The van der Waals surface area contributed by atoms with Crippen molar-refractivity contribution in [1.29, 1.82) is 0 Å². The molecule has 0 aliphatic rings. The molecular weight excluding hydrogens is 252 g/mol. The molecule has 1 nitrogen and oxygen atoms in total. The lowest BCUT2D eigenvalue weighted by Gasteiger charge is -2.02. The Labute approximate surface area is 97.5 Å². The molecule has 0 radical (unpaired) electrons. The Morgan fingerprint density at radius 3 is 2.33 bits per heavy atom. The van der Waals surface area contributed by atoms with Crippen molar-refractivity contribution in [2.75, 3.05) is 0 Å². The second kappa shape index (κ2) is 4.49. The minimum atomic E-state index is 0.324. The molecule has 0 bridgehead atoms. The fourth-order valence-electron chi connectivity index (χ4n) is 1.50. The predicted octanol–water partition coefficient (Wildman–Crippen LogP) is 3.75. The summed E-state index contributed by atoms with van der Waals surface area (Å²) in [5.74, 6) is 0.324. The van der Waals surface area contributed by atoms with Crippen LogP contribution in [0.25, 0.3) is 0 Å². The molecule has 0 amide bonds. The van der Waals surface area contributed by atoms with Crippen molar-refractivity contribution in [3.05, 3.63) is 64.1 Å². The maximum absolute atomic E-state index is 9.33. The molecule has 0 saturated heterocycles. The van der Waals surface area contributed by atoms with Crippen LogP contribution in [0.1, 0.15) is 11.1 Å². The standard InChI is InChI=1S/C13H11BrO/c14-12-6-4-10(5-7-12)8-11-2-1-3-13(15)9-11/h1-7,9,15H,8H2. The summed E-state index contributed by atoms with van der Waals surface area (Å²) in [4.78, 5) is 0. The van der Waals surface area contributed by atoms with Gasteiger partial charge in [-0.25, -0.2) is 0 Å². The average molecular weight is 263 g/mol. The summed E-state index contributed by atoms with van der Waals surface area (Å²) < 4.78 is 1.09. The average Bonchev–Trinajstić information content (AvgIpc) is 2.22. The van der Waals surface area contributed by atoms with Crippen molar-refractivity contribution in [2.45, 2.75) is 6.42 Å². The van der Waals surface area contributed by atoms with Gasteiger partial charge in [-0.05, 0) is 41.8 Å². The molecule has 2 aromatic carbocycles. The molecule has 2 aromatic rings. The number of rotatable bonds is 2. The lowest BCUT2D eigenvalue weighted by Crippen LogP contribution is -1.86. The number of phenolic OH excluding ortho intramolecular Hbond substituents is 1. The Morgan fingerprint density at radius 1 is 0.933 bits per heavy atom. The second-order valence-electron chi connectivity index (χ2n) is 3.47. The summed E-state index contributed by atoms with van der Waals surface area (Å²) in [7, 11) is 0. The van der Waals surface area contributed by atoms with Crippen molar-refractivity contribution < 1.29 is 5.11 Å². The molecule has 0 unspecified atom stereocenters. The highest BCUT2D eigenvalue weighted by molar-refractivity contribution is 9.10. The van der Waals surface area contributed by atoms with Crippen LogP contribution in [0.2, 0.25) is 0 Å². The van der Waals surface area contributed by atoms with Crippen LogP contribution in [-0.2, 0) is 6.42 Å². The molecule has 15 heavy (non-hydrogen) atoms. The van der Waals surface area contributed by atoms with Gasteiger partial charge in [-0.1, -0.05) is 40.2 Å². The van der Waals surface area contributed by atoms with E-state index in [0.717, 1.165) is 16.5 Å². The van der Waals surface area contributed by atoms with E-state index in [1.807, 2.05) is 24.3 Å². The Bertz CT molecular complexity index is 448. The number of benzene rings is 2. The lowest BCUT2D eigenvalue weighted by molar-refractivity contribution is 0.474. The number of hydrogen-bond donors (Lipinski definition) is 1. The van der Waals surface area contributed by atoms with Crippen LogP contribution < -0.4 is 0 Å². The number of phenols is 1. The minimum absolute atomic E-state index is 0.324. The van der Waals surface area contributed by atoms with Crippen LogP contribution in [0.5, 0.6) is 5.75 Å². The van der Waals surface area contributed by atoms with Gasteiger partial charge in [0.25, 0.3) is 0 Å². The SMILES string of the molecule is Oc1cccc(Cc2ccc(Br)cc2)c1. The van der Waals surface area contributed by atoms with Crippen LogP contribution in [0.3, 0.4) is 0 Å². The molecule has 0 aliphatic carbocycles. The zero-order valence-corrected chi connectivity index (χ0v) is 9.74. The largest absolute Gasteiger partial charge is 0.508 e. The van der Waals surface area contributed by atoms with Crippen molar-refractivity contribution >= 4 is 15.9 Å². The van der Waals surface area contributed by atoms with Crippen molar-refractivity contribution in [3.63, 3.8) is 0 Å². The zero-order chi connectivity index (χ0) is 10.7. The highest BCUT2D eigenvalue weighted by Gasteiger charge is 1.97. The first-order chi connectivity index (χ1) is 7.24. The van der Waals surface area contributed by atoms with Gasteiger partial charge in [-0.3, -0.25) is 0 Å². The van der Waals surface area contributed by atoms with Crippen molar-refractivity contribution in [3.8, 4) is 5.75 Å². The van der Waals surface area contributed by atoms with Crippen LogP contribution in [0.4, 0.5) is 0 Å².